The van der Waals surface area contributed by atoms with E-state index in [1.807, 2.05) is 6.92 Å². The minimum atomic E-state index is -0.507. The maximum atomic E-state index is 12.0. The summed E-state index contributed by atoms with van der Waals surface area (Å²) >= 11 is 0. The van der Waals surface area contributed by atoms with E-state index in [9.17, 15) is 9.59 Å². The van der Waals surface area contributed by atoms with Gasteiger partial charge in [-0.3, -0.25) is 9.78 Å². The van der Waals surface area contributed by atoms with Crippen molar-refractivity contribution in [3.8, 4) is 0 Å². The van der Waals surface area contributed by atoms with Crippen molar-refractivity contribution < 1.29 is 14.3 Å². The Morgan fingerprint density at radius 3 is 2.65 bits per heavy atom. The predicted octanol–water partition coefficient (Wildman–Crippen LogP) is 2.88. The highest BCUT2D eigenvalue weighted by Gasteiger charge is 2.15. The van der Waals surface area contributed by atoms with E-state index in [-0.39, 0.29) is 5.78 Å². The van der Waals surface area contributed by atoms with E-state index in [4.69, 9.17) is 4.74 Å². The molecule has 0 spiro atoms. The molecule has 20 heavy (non-hydrogen) atoms. The van der Waals surface area contributed by atoms with E-state index in [1.165, 1.54) is 0 Å². The van der Waals surface area contributed by atoms with Crippen LogP contribution in [0.1, 0.15) is 49.7 Å². The van der Waals surface area contributed by atoms with Gasteiger partial charge in [-0.2, -0.15) is 0 Å². The maximum absolute atomic E-state index is 12.0. The molecule has 1 heterocycles. The van der Waals surface area contributed by atoms with E-state index in [0.29, 0.717) is 24.9 Å². The number of hydrogen-bond donors (Lipinski definition) is 1. The molecule has 0 unspecified atom stereocenters. The molecule has 5 nitrogen and oxygen atoms in total. The number of pyridine rings is 1. The second kappa shape index (κ2) is 7.03. The van der Waals surface area contributed by atoms with Gasteiger partial charge in [0.2, 0.25) is 0 Å². The van der Waals surface area contributed by atoms with Crippen LogP contribution in [-0.4, -0.2) is 29.0 Å². The molecule has 0 saturated heterocycles. The first-order valence-corrected chi connectivity index (χ1v) is 6.71. The summed E-state index contributed by atoms with van der Waals surface area (Å²) in [5.41, 5.74) is 0.870. The molecule has 1 aromatic rings. The topological polar surface area (TPSA) is 68.3 Å². The molecule has 1 rings (SSSR count). The fourth-order valence-corrected chi connectivity index (χ4v) is 1.67. The number of ketones is 1. The zero-order valence-electron chi connectivity index (χ0n) is 12.5. The minimum Gasteiger partial charge on any atom is -0.444 e. The van der Waals surface area contributed by atoms with Gasteiger partial charge in [-0.05, 0) is 46.2 Å². The van der Waals surface area contributed by atoms with Gasteiger partial charge in [0.1, 0.15) is 5.60 Å². The number of ether oxygens (including phenoxy) is 1. The molecular weight excluding hydrogens is 256 g/mol. The lowest BCUT2D eigenvalue weighted by molar-refractivity contribution is 0.0525. The number of rotatable bonds is 5. The normalized spacial score (nSPS) is 11.0. The Bertz CT molecular complexity index is 478. The maximum Gasteiger partial charge on any atom is 0.407 e. The smallest absolute Gasteiger partial charge is 0.407 e. The molecule has 110 valence electrons. The largest absolute Gasteiger partial charge is 0.444 e. The summed E-state index contributed by atoms with van der Waals surface area (Å²) in [5.74, 6) is 0.0431. The molecule has 0 fully saturated rings. The summed E-state index contributed by atoms with van der Waals surface area (Å²) in [6.07, 6.45) is 2.16. The molecule has 0 aromatic carbocycles. The monoisotopic (exact) mass is 278 g/mol. The van der Waals surface area contributed by atoms with Crippen molar-refractivity contribution in [1.29, 1.82) is 0 Å². The number of carbonyl (C=O) groups excluding carboxylic acids is 2. The Balaban J connectivity index is 2.30. The number of alkyl carbamates (subject to hydrolysis) is 1. The summed E-state index contributed by atoms with van der Waals surface area (Å²) in [6.45, 7) is 7.65. The molecule has 0 radical (unpaired) electrons. The zero-order valence-corrected chi connectivity index (χ0v) is 12.5. The van der Waals surface area contributed by atoms with Crippen LogP contribution in [0.3, 0.4) is 0 Å². The van der Waals surface area contributed by atoms with Gasteiger partial charge in [-0.25, -0.2) is 4.79 Å². The lowest BCUT2D eigenvalue weighted by Gasteiger charge is -2.19. The van der Waals surface area contributed by atoms with Gasteiger partial charge in [0.05, 0.1) is 0 Å². The molecule has 1 N–H and O–H groups in total. The number of Topliss-reactive ketones (excluding diaryl/α,β-unsaturated/α-hetero) is 1. The fourth-order valence-electron chi connectivity index (χ4n) is 1.67. The fraction of sp³-hybridized carbons (Fsp3) is 0.533. The summed E-state index contributed by atoms with van der Waals surface area (Å²) in [5, 5.41) is 2.63. The van der Waals surface area contributed by atoms with Crippen molar-refractivity contribution in [2.24, 2.45) is 0 Å². The second-order valence-corrected chi connectivity index (χ2v) is 5.59. The highest BCUT2D eigenvalue weighted by Crippen LogP contribution is 2.09. The molecule has 0 aliphatic rings. The van der Waals surface area contributed by atoms with Crippen LogP contribution < -0.4 is 5.32 Å². The Labute approximate surface area is 119 Å². The van der Waals surface area contributed by atoms with Crippen LogP contribution in [0.5, 0.6) is 0 Å². The Hall–Kier alpha value is -1.91. The summed E-state index contributed by atoms with van der Waals surface area (Å²) in [4.78, 5) is 27.4. The number of nitrogens with one attached hydrogen (secondary N) is 1. The van der Waals surface area contributed by atoms with Crippen LogP contribution in [0, 0.1) is 6.92 Å². The van der Waals surface area contributed by atoms with Crippen LogP contribution in [0.15, 0.2) is 18.3 Å². The summed E-state index contributed by atoms with van der Waals surface area (Å²) < 4.78 is 5.10. The van der Waals surface area contributed by atoms with E-state index in [0.717, 1.165) is 5.69 Å². The van der Waals surface area contributed by atoms with Gasteiger partial charge in [0.15, 0.2) is 5.78 Å². The van der Waals surface area contributed by atoms with Crippen molar-refractivity contribution in [3.63, 3.8) is 0 Å². The lowest BCUT2D eigenvalue weighted by Crippen LogP contribution is -2.33. The lowest BCUT2D eigenvalue weighted by atomic mass is 10.1. The number of aryl methyl sites for hydroxylation is 1. The van der Waals surface area contributed by atoms with Gasteiger partial charge in [0, 0.05) is 30.4 Å². The Morgan fingerprint density at radius 2 is 2.05 bits per heavy atom. The van der Waals surface area contributed by atoms with Crippen LogP contribution >= 0.6 is 0 Å². The Morgan fingerprint density at radius 1 is 1.35 bits per heavy atom. The molecule has 1 aromatic heterocycles. The highest BCUT2D eigenvalue weighted by molar-refractivity contribution is 5.96. The average Bonchev–Trinajstić information content (AvgIpc) is 2.33. The van der Waals surface area contributed by atoms with Gasteiger partial charge in [0.25, 0.3) is 0 Å². The first-order chi connectivity index (χ1) is 9.29. The van der Waals surface area contributed by atoms with E-state index in [2.05, 4.69) is 10.3 Å². The van der Waals surface area contributed by atoms with Crippen LogP contribution in [-0.2, 0) is 4.74 Å². The van der Waals surface area contributed by atoms with Crippen molar-refractivity contribution in [2.45, 2.75) is 46.1 Å². The quantitative estimate of drug-likeness (QED) is 0.664. The first-order valence-electron chi connectivity index (χ1n) is 6.71. The SMILES string of the molecule is Cc1ncccc1C(=O)CCCNC(=O)OC(C)(C)C. The van der Waals surface area contributed by atoms with Gasteiger partial charge >= 0.3 is 6.09 Å². The van der Waals surface area contributed by atoms with Crippen molar-refractivity contribution >= 4 is 11.9 Å². The van der Waals surface area contributed by atoms with E-state index < -0.39 is 11.7 Å². The van der Waals surface area contributed by atoms with Gasteiger partial charge in [-0.15, -0.1) is 0 Å². The zero-order chi connectivity index (χ0) is 15.2. The highest BCUT2D eigenvalue weighted by atomic mass is 16.6. The van der Waals surface area contributed by atoms with Crippen LogP contribution in [0.25, 0.3) is 0 Å². The first kappa shape index (κ1) is 16.1. The summed E-state index contributed by atoms with van der Waals surface area (Å²) in [6, 6.07) is 3.52. The Kier molecular flexibility index (Phi) is 5.67. The molecular formula is C15H22N2O3. The standard InChI is InChI=1S/C15H22N2O3/c1-11-12(7-5-9-16-11)13(18)8-6-10-17-14(19)20-15(2,3)4/h5,7,9H,6,8,10H2,1-4H3,(H,17,19). The second-order valence-electron chi connectivity index (χ2n) is 5.59. The molecule has 0 atom stereocenters. The van der Waals surface area contributed by atoms with Crippen LogP contribution in [0.4, 0.5) is 4.79 Å². The van der Waals surface area contributed by atoms with Gasteiger partial charge in [-0.1, -0.05) is 0 Å². The van der Waals surface area contributed by atoms with Crippen molar-refractivity contribution in [1.82, 2.24) is 10.3 Å². The van der Waals surface area contributed by atoms with Crippen molar-refractivity contribution in [3.05, 3.63) is 29.6 Å². The molecule has 0 aliphatic heterocycles. The number of aromatic nitrogens is 1. The summed E-state index contributed by atoms with van der Waals surface area (Å²) in [7, 11) is 0. The number of nitrogens with zero attached hydrogens (tertiary/aromatic N) is 1. The number of carbonyl (C=O) groups is 2. The average molecular weight is 278 g/mol. The van der Waals surface area contributed by atoms with E-state index >= 15 is 0 Å². The van der Waals surface area contributed by atoms with Crippen molar-refractivity contribution in [2.75, 3.05) is 6.54 Å². The molecule has 1 amide bonds. The third kappa shape index (κ3) is 5.82. The number of hydrogen-bond acceptors (Lipinski definition) is 4. The molecule has 0 aliphatic carbocycles. The van der Waals surface area contributed by atoms with Gasteiger partial charge < -0.3 is 10.1 Å². The molecule has 0 saturated carbocycles. The minimum absolute atomic E-state index is 0.0431. The molecule has 5 heteroatoms. The van der Waals surface area contributed by atoms with Crippen LogP contribution in [0.2, 0.25) is 0 Å². The number of amides is 1. The third-order valence-corrected chi connectivity index (χ3v) is 2.56. The molecule has 0 bridgehead atoms. The third-order valence-electron chi connectivity index (χ3n) is 2.56. The predicted molar refractivity (Wildman–Crippen MR) is 76.8 cm³/mol. The van der Waals surface area contributed by atoms with E-state index in [1.54, 1.807) is 39.1 Å².